The minimum atomic E-state index is -0.900. The molecule has 0 fully saturated rings. The number of hydrogen-bond donors (Lipinski definition) is 2. The molecule has 2 N–H and O–H groups in total. The summed E-state index contributed by atoms with van der Waals surface area (Å²) in [7, 11) is 1.50. The highest BCUT2D eigenvalue weighted by molar-refractivity contribution is 9.10. The van der Waals surface area contributed by atoms with Crippen LogP contribution in [0.25, 0.3) is 0 Å². The van der Waals surface area contributed by atoms with E-state index >= 15 is 0 Å². The minimum absolute atomic E-state index is 0.243. The van der Waals surface area contributed by atoms with Crippen molar-refractivity contribution in [3.8, 4) is 11.5 Å². The summed E-state index contributed by atoms with van der Waals surface area (Å²) >= 11 is 3.30. The zero-order valence-electron chi connectivity index (χ0n) is 17.9. The van der Waals surface area contributed by atoms with E-state index in [1.165, 1.54) is 19.2 Å². The number of hydrogen-bond acceptors (Lipinski definition) is 5. The maximum atomic E-state index is 13.0. The van der Waals surface area contributed by atoms with Gasteiger partial charge in [0.2, 0.25) is 0 Å². The molecular weight excluding hydrogens is 493 g/mol. The Hall–Kier alpha value is -3.72. The Morgan fingerprint density at radius 2 is 1.67 bits per heavy atom. The molecule has 0 aliphatic heterocycles. The number of amides is 2. The summed E-state index contributed by atoms with van der Waals surface area (Å²) in [4.78, 5) is 24.1. The Labute approximate surface area is 198 Å². The summed E-state index contributed by atoms with van der Waals surface area (Å²) in [6.45, 7) is 1.92. The molecule has 0 aliphatic carbocycles. The van der Waals surface area contributed by atoms with Crippen LogP contribution in [0.4, 0.5) is 10.1 Å². The molecule has 170 valence electrons. The van der Waals surface area contributed by atoms with Gasteiger partial charge in [-0.2, -0.15) is 5.10 Å². The molecule has 0 unspecified atom stereocenters. The topological polar surface area (TPSA) is 89.0 Å². The number of carbonyl (C=O) groups is 2. The molecule has 0 radical (unpaired) electrons. The normalized spacial score (nSPS) is 11.0. The average Bonchev–Trinajstić information content (AvgIpc) is 2.83. The molecule has 0 atom stereocenters. The lowest BCUT2D eigenvalue weighted by molar-refractivity contribution is -0.136. The number of carbonyl (C=O) groups excluding carboxylic acids is 2. The van der Waals surface area contributed by atoms with E-state index in [1.54, 1.807) is 61.5 Å². The van der Waals surface area contributed by atoms with Crippen LogP contribution in [0.3, 0.4) is 0 Å². The fourth-order valence-corrected chi connectivity index (χ4v) is 2.99. The van der Waals surface area contributed by atoms with Crippen molar-refractivity contribution >= 4 is 39.1 Å². The van der Waals surface area contributed by atoms with E-state index < -0.39 is 11.8 Å². The van der Waals surface area contributed by atoms with Crippen molar-refractivity contribution in [3.05, 3.63) is 88.1 Å². The van der Waals surface area contributed by atoms with Gasteiger partial charge in [-0.25, -0.2) is 9.82 Å². The second-order valence-corrected chi connectivity index (χ2v) is 7.80. The summed E-state index contributed by atoms with van der Waals surface area (Å²) in [6.07, 6.45) is 0. The van der Waals surface area contributed by atoms with Crippen LogP contribution >= 0.6 is 15.9 Å². The van der Waals surface area contributed by atoms with Crippen molar-refractivity contribution in [3.63, 3.8) is 0 Å². The second kappa shape index (κ2) is 11.2. The van der Waals surface area contributed by atoms with Crippen molar-refractivity contribution in [2.45, 2.75) is 13.5 Å². The van der Waals surface area contributed by atoms with Gasteiger partial charge in [-0.05, 0) is 67.1 Å². The van der Waals surface area contributed by atoms with Gasteiger partial charge in [-0.1, -0.05) is 28.1 Å². The highest BCUT2D eigenvalue weighted by Crippen LogP contribution is 2.29. The van der Waals surface area contributed by atoms with Gasteiger partial charge in [0.05, 0.1) is 12.8 Å². The van der Waals surface area contributed by atoms with Gasteiger partial charge in [-0.3, -0.25) is 9.59 Å². The first kappa shape index (κ1) is 23.9. The third kappa shape index (κ3) is 6.88. The van der Waals surface area contributed by atoms with Gasteiger partial charge in [0.15, 0.2) is 11.5 Å². The Bertz CT molecular complexity index is 1170. The first-order valence-corrected chi connectivity index (χ1v) is 10.6. The Balaban J connectivity index is 1.61. The van der Waals surface area contributed by atoms with Crippen molar-refractivity contribution in [1.29, 1.82) is 0 Å². The molecule has 9 heteroatoms. The molecule has 0 aromatic heterocycles. The molecule has 0 aliphatic rings. The number of nitrogens with one attached hydrogen (secondary N) is 2. The SMILES string of the molecule is COc1cc(/C(C)=N/NC(=O)C(=O)Nc2ccc(Br)cc2)ccc1OCc1ccc(F)cc1. The van der Waals surface area contributed by atoms with E-state index in [0.717, 1.165) is 10.0 Å². The van der Waals surface area contributed by atoms with Crippen LogP contribution in [0.1, 0.15) is 18.1 Å². The van der Waals surface area contributed by atoms with Gasteiger partial charge < -0.3 is 14.8 Å². The number of methoxy groups -OCH3 is 1. The van der Waals surface area contributed by atoms with E-state index in [2.05, 4.69) is 31.8 Å². The number of nitrogens with zero attached hydrogens (tertiary/aromatic N) is 1. The van der Waals surface area contributed by atoms with Crippen LogP contribution in [0.15, 0.2) is 76.3 Å². The van der Waals surface area contributed by atoms with E-state index in [4.69, 9.17) is 9.47 Å². The largest absolute Gasteiger partial charge is 0.493 e. The summed E-state index contributed by atoms with van der Waals surface area (Å²) < 4.78 is 25.0. The molecule has 7 nitrogen and oxygen atoms in total. The highest BCUT2D eigenvalue weighted by Gasteiger charge is 2.14. The summed E-state index contributed by atoms with van der Waals surface area (Å²) in [5.41, 5.74) is 4.66. The van der Waals surface area contributed by atoms with Crippen LogP contribution < -0.4 is 20.2 Å². The third-order valence-electron chi connectivity index (χ3n) is 4.52. The fraction of sp³-hybridized carbons (Fsp3) is 0.125. The van der Waals surface area contributed by atoms with E-state index in [1.807, 2.05) is 0 Å². The smallest absolute Gasteiger partial charge is 0.329 e. The van der Waals surface area contributed by atoms with E-state index in [-0.39, 0.29) is 12.4 Å². The van der Waals surface area contributed by atoms with Crippen LogP contribution in [-0.4, -0.2) is 24.6 Å². The Morgan fingerprint density at radius 1 is 0.970 bits per heavy atom. The monoisotopic (exact) mass is 513 g/mol. The van der Waals surface area contributed by atoms with Crippen molar-refractivity contribution in [1.82, 2.24) is 5.43 Å². The molecule has 2 amide bonds. The molecule has 33 heavy (non-hydrogen) atoms. The lowest BCUT2D eigenvalue weighted by Gasteiger charge is -2.12. The quantitative estimate of drug-likeness (QED) is 0.273. The van der Waals surface area contributed by atoms with Crippen molar-refractivity contribution in [2.24, 2.45) is 5.10 Å². The molecule has 0 bridgehead atoms. The molecule has 0 saturated heterocycles. The highest BCUT2D eigenvalue weighted by atomic mass is 79.9. The first-order chi connectivity index (χ1) is 15.9. The molecule has 3 aromatic rings. The van der Waals surface area contributed by atoms with Crippen molar-refractivity contribution in [2.75, 3.05) is 12.4 Å². The summed E-state index contributed by atoms with van der Waals surface area (Å²) in [6, 6.07) is 18.0. The van der Waals surface area contributed by atoms with Crippen LogP contribution in [0.5, 0.6) is 11.5 Å². The minimum Gasteiger partial charge on any atom is -0.493 e. The van der Waals surface area contributed by atoms with Crippen LogP contribution in [0.2, 0.25) is 0 Å². The molecular formula is C24H21BrFN3O4. The van der Waals surface area contributed by atoms with Crippen LogP contribution in [-0.2, 0) is 16.2 Å². The van der Waals surface area contributed by atoms with Gasteiger partial charge in [0.1, 0.15) is 12.4 Å². The Kier molecular flexibility index (Phi) is 8.15. The number of hydrazone groups is 1. The number of benzene rings is 3. The summed E-state index contributed by atoms with van der Waals surface area (Å²) in [5.74, 6) is -1.09. The number of halogens is 2. The van der Waals surface area contributed by atoms with Gasteiger partial charge in [0, 0.05) is 15.7 Å². The molecule has 0 spiro atoms. The van der Waals surface area contributed by atoms with Crippen molar-refractivity contribution < 1.29 is 23.5 Å². The predicted octanol–water partition coefficient (Wildman–Crippen LogP) is 4.65. The molecule has 0 saturated carbocycles. The number of anilines is 1. The lowest BCUT2D eigenvalue weighted by Crippen LogP contribution is -2.32. The number of ether oxygens (including phenoxy) is 2. The fourth-order valence-electron chi connectivity index (χ4n) is 2.72. The van der Waals surface area contributed by atoms with Gasteiger partial charge in [0.25, 0.3) is 0 Å². The molecule has 3 rings (SSSR count). The Morgan fingerprint density at radius 3 is 2.33 bits per heavy atom. The van der Waals surface area contributed by atoms with E-state index in [9.17, 15) is 14.0 Å². The zero-order valence-corrected chi connectivity index (χ0v) is 19.5. The number of rotatable bonds is 7. The standard InChI is InChI=1S/C24H21BrFN3O4/c1-15(28-29-24(31)23(30)27-20-10-6-18(25)7-11-20)17-5-12-21(22(13-17)32-2)33-14-16-3-8-19(26)9-4-16/h3-13H,14H2,1-2H3,(H,27,30)(H,29,31)/b28-15+. The molecule has 0 heterocycles. The van der Waals surface area contributed by atoms with E-state index in [0.29, 0.717) is 28.5 Å². The lowest BCUT2D eigenvalue weighted by atomic mass is 10.1. The van der Waals surface area contributed by atoms with Gasteiger partial charge in [-0.15, -0.1) is 0 Å². The predicted molar refractivity (Wildman–Crippen MR) is 127 cm³/mol. The molecule has 3 aromatic carbocycles. The first-order valence-electron chi connectivity index (χ1n) is 9.82. The maximum absolute atomic E-state index is 13.0. The maximum Gasteiger partial charge on any atom is 0.329 e. The second-order valence-electron chi connectivity index (χ2n) is 6.88. The zero-order chi connectivity index (χ0) is 23.8. The average molecular weight is 514 g/mol. The summed E-state index contributed by atoms with van der Waals surface area (Å²) in [5, 5.41) is 6.49. The third-order valence-corrected chi connectivity index (χ3v) is 5.05. The van der Waals surface area contributed by atoms with Crippen LogP contribution in [0, 0.1) is 5.82 Å². The van der Waals surface area contributed by atoms with Gasteiger partial charge >= 0.3 is 11.8 Å².